The Kier molecular flexibility index (Phi) is 8.87. The van der Waals surface area contributed by atoms with Gasteiger partial charge in [-0.05, 0) is 55.7 Å². The molecule has 3 rings (SSSR count). The second-order valence-electron chi connectivity index (χ2n) is 7.50. The number of nitrogens with zero attached hydrogens (tertiary/aromatic N) is 2. The molecule has 0 aliphatic carbocycles. The highest BCUT2D eigenvalue weighted by Gasteiger charge is 2.24. The monoisotopic (exact) mass is 489 g/mol. The van der Waals surface area contributed by atoms with Crippen molar-refractivity contribution in [2.75, 3.05) is 18.5 Å². The van der Waals surface area contributed by atoms with Crippen molar-refractivity contribution >= 4 is 30.8 Å². The van der Waals surface area contributed by atoms with E-state index in [1.807, 2.05) is 43.4 Å². The number of carbonyl (C=O) groups is 1. The van der Waals surface area contributed by atoms with Crippen LogP contribution >= 0.6 is 19.2 Å². The van der Waals surface area contributed by atoms with Crippen LogP contribution in [0.1, 0.15) is 31.4 Å². The van der Waals surface area contributed by atoms with Gasteiger partial charge in [-0.2, -0.15) is 5.10 Å². The van der Waals surface area contributed by atoms with Crippen LogP contribution in [0.25, 0.3) is 11.3 Å². The van der Waals surface area contributed by atoms with E-state index >= 15 is 0 Å². The maximum Gasteiger partial charge on any atom is 0.335 e. The molecule has 0 fully saturated rings. The second kappa shape index (κ2) is 11.6. The lowest BCUT2D eigenvalue weighted by molar-refractivity contribution is -0.116. The fourth-order valence-electron chi connectivity index (χ4n) is 3.56. The molecule has 0 saturated carbocycles. The van der Waals surface area contributed by atoms with E-state index in [1.54, 1.807) is 36.9 Å². The van der Waals surface area contributed by atoms with Gasteiger partial charge < -0.3 is 14.4 Å². The van der Waals surface area contributed by atoms with E-state index in [4.69, 9.17) is 20.6 Å². The number of aromatic nitrogens is 2. The second-order valence-corrected chi connectivity index (χ2v) is 9.99. The van der Waals surface area contributed by atoms with E-state index < -0.39 is 7.60 Å². The highest BCUT2D eigenvalue weighted by atomic mass is 35.5. The molecule has 1 N–H and O–H groups in total. The van der Waals surface area contributed by atoms with Gasteiger partial charge in [0.1, 0.15) is 0 Å². The first-order valence-corrected chi connectivity index (χ1v) is 13.0. The van der Waals surface area contributed by atoms with Crippen molar-refractivity contribution in [2.45, 2.75) is 32.9 Å². The van der Waals surface area contributed by atoms with E-state index in [-0.39, 0.29) is 12.1 Å². The first-order chi connectivity index (χ1) is 15.8. The zero-order valence-electron chi connectivity index (χ0n) is 19.1. The van der Waals surface area contributed by atoms with Crippen LogP contribution in [0.15, 0.2) is 54.7 Å². The molecule has 0 atom stereocenters. The fourth-order valence-corrected chi connectivity index (χ4v) is 5.38. The summed E-state index contributed by atoms with van der Waals surface area (Å²) in [5.41, 5.74) is 4.46. The molecule has 0 saturated heterocycles. The van der Waals surface area contributed by atoms with Gasteiger partial charge >= 0.3 is 7.60 Å². The Labute approximate surface area is 199 Å². The van der Waals surface area contributed by atoms with Gasteiger partial charge in [0.25, 0.3) is 0 Å². The van der Waals surface area contributed by atoms with E-state index in [0.29, 0.717) is 36.8 Å². The van der Waals surface area contributed by atoms with Crippen molar-refractivity contribution in [3.63, 3.8) is 0 Å². The minimum Gasteiger partial charge on any atom is -0.326 e. The molecule has 3 aromatic rings. The minimum absolute atomic E-state index is 0.0945. The summed E-state index contributed by atoms with van der Waals surface area (Å²) in [6, 6.07) is 14.8. The van der Waals surface area contributed by atoms with Crippen LogP contribution in [0.3, 0.4) is 0 Å². The molecule has 0 bridgehead atoms. The molecule has 1 aromatic heterocycles. The number of hydrogen-bond acceptors (Lipinski definition) is 5. The summed E-state index contributed by atoms with van der Waals surface area (Å²) in [5, 5.41) is 7.93. The Morgan fingerprint density at radius 1 is 1.06 bits per heavy atom. The molecule has 1 heterocycles. The summed E-state index contributed by atoms with van der Waals surface area (Å²) in [7, 11) is -1.28. The van der Waals surface area contributed by atoms with Crippen molar-refractivity contribution in [3.8, 4) is 11.3 Å². The van der Waals surface area contributed by atoms with Crippen molar-refractivity contribution in [1.82, 2.24) is 9.78 Å². The largest absolute Gasteiger partial charge is 0.335 e. The summed E-state index contributed by atoms with van der Waals surface area (Å²) in [6.45, 7) is 4.21. The Morgan fingerprint density at radius 2 is 1.70 bits per heavy atom. The quantitative estimate of drug-likeness (QED) is 0.330. The molecule has 176 valence electrons. The van der Waals surface area contributed by atoms with E-state index in [0.717, 1.165) is 22.4 Å². The highest BCUT2D eigenvalue weighted by molar-refractivity contribution is 7.53. The van der Waals surface area contributed by atoms with Crippen molar-refractivity contribution in [3.05, 3.63) is 70.9 Å². The van der Waals surface area contributed by atoms with Crippen molar-refractivity contribution in [1.29, 1.82) is 0 Å². The van der Waals surface area contributed by atoms with Crippen molar-refractivity contribution < 1.29 is 18.4 Å². The lowest BCUT2D eigenvalue weighted by atomic mass is 10.0. The highest BCUT2D eigenvalue weighted by Crippen LogP contribution is 2.51. The van der Waals surface area contributed by atoms with Gasteiger partial charge in [-0.3, -0.25) is 14.0 Å². The summed E-state index contributed by atoms with van der Waals surface area (Å²) >= 11 is 6.00. The van der Waals surface area contributed by atoms with Gasteiger partial charge in [-0.25, -0.2) is 0 Å². The molecule has 2 aromatic carbocycles. The third-order valence-corrected chi connectivity index (χ3v) is 7.33. The number of carbonyl (C=O) groups excluding carboxylic acids is 1. The number of benzene rings is 2. The number of amides is 1. The summed E-state index contributed by atoms with van der Waals surface area (Å²) in [4.78, 5) is 12.5. The summed E-state index contributed by atoms with van der Waals surface area (Å²) < 4.78 is 25.2. The minimum atomic E-state index is -3.16. The predicted octanol–water partition coefficient (Wildman–Crippen LogP) is 6.08. The number of halogens is 1. The number of anilines is 1. The van der Waals surface area contributed by atoms with Gasteiger partial charge in [-0.1, -0.05) is 35.9 Å². The third-order valence-electron chi connectivity index (χ3n) is 5.02. The van der Waals surface area contributed by atoms with Crippen LogP contribution in [-0.4, -0.2) is 28.9 Å². The molecule has 0 aliphatic heterocycles. The Bertz CT molecular complexity index is 1100. The molecule has 1 amide bonds. The first-order valence-electron chi connectivity index (χ1n) is 10.9. The van der Waals surface area contributed by atoms with Gasteiger partial charge in [0.05, 0.1) is 31.3 Å². The van der Waals surface area contributed by atoms with Gasteiger partial charge in [0.2, 0.25) is 5.91 Å². The Hall–Kier alpha value is -2.44. The van der Waals surface area contributed by atoms with E-state index in [9.17, 15) is 9.36 Å². The van der Waals surface area contributed by atoms with Crippen LogP contribution in [0.4, 0.5) is 5.69 Å². The van der Waals surface area contributed by atoms with Gasteiger partial charge in [0, 0.05) is 29.7 Å². The Morgan fingerprint density at radius 3 is 2.30 bits per heavy atom. The third kappa shape index (κ3) is 7.02. The maximum atomic E-state index is 12.7. The number of aryl methyl sites for hydroxylation is 2. The zero-order chi connectivity index (χ0) is 23.8. The Balaban J connectivity index is 1.59. The zero-order valence-corrected chi connectivity index (χ0v) is 20.7. The fraction of sp³-hybridized carbons (Fsp3) is 0.333. The predicted molar refractivity (Wildman–Crippen MR) is 132 cm³/mol. The summed E-state index contributed by atoms with van der Waals surface area (Å²) in [6.07, 6.45) is 2.86. The molecule has 7 nitrogen and oxygen atoms in total. The number of hydrogen-bond donors (Lipinski definition) is 1. The average molecular weight is 490 g/mol. The van der Waals surface area contributed by atoms with E-state index in [2.05, 4.69) is 10.4 Å². The first kappa shape index (κ1) is 25.2. The van der Waals surface area contributed by atoms with Gasteiger partial charge in [-0.15, -0.1) is 0 Å². The molecule has 33 heavy (non-hydrogen) atoms. The lowest BCUT2D eigenvalue weighted by Gasteiger charge is -2.17. The van der Waals surface area contributed by atoms with E-state index in [1.165, 1.54) is 0 Å². The molecule has 0 unspecified atom stereocenters. The van der Waals surface area contributed by atoms with Crippen LogP contribution in [-0.2, 0) is 38.0 Å². The number of rotatable bonds is 11. The SMILES string of the molecule is CCOP(=O)(Cc1ccc(NC(=O)CCc2cnn(C)c2-c2ccc(Cl)cc2)cc1)OCC. The standard InChI is InChI=1S/C24H29ClN3O4P/c1-4-31-33(30,32-5-2)17-18-6-13-22(14-7-18)27-23(29)15-10-20-16-26-28(3)24(20)19-8-11-21(25)12-9-19/h6-9,11-14,16H,4-5,10,15,17H2,1-3H3,(H,27,29). The van der Waals surface area contributed by atoms with Crippen LogP contribution in [0.2, 0.25) is 5.02 Å². The molecule has 0 spiro atoms. The molecule has 0 radical (unpaired) electrons. The normalized spacial score (nSPS) is 11.5. The average Bonchev–Trinajstić information content (AvgIpc) is 3.15. The topological polar surface area (TPSA) is 82.5 Å². The molecular weight excluding hydrogens is 461 g/mol. The van der Waals surface area contributed by atoms with Gasteiger partial charge in [0.15, 0.2) is 0 Å². The van der Waals surface area contributed by atoms with Crippen LogP contribution < -0.4 is 5.32 Å². The van der Waals surface area contributed by atoms with Crippen LogP contribution in [0, 0.1) is 0 Å². The maximum absolute atomic E-state index is 12.7. The molecule has 9 heteroatoms. The summed E-state index contributed by atoms with van der Waals surface area (Å²) in [5.74, 6) is -0.0945. The molecule has 0 aliphatic rings. The van der Waals surface area contributed by atoms with Crippen molar-refractivity contribution in [2.24, 2.45) is 7.05 Å². The lowest BCUT2D eigenvalue weighted by Crippen LogP contribution is -2.12. The number of nitrogens with one attached hydrogen (secondary N) is 1. The van der Waals surface area contributed by atoms with Crippen LogP contribution in [0.5, 0.6) is 0 Å². The smallest absolute Gasteiger partial charge is 0.326 e. The molecular formula is C24H29ClN3O4P.